The zero-order chi connectivity index (χ0) is 12.3. The first-order chi connectivity index (χ1) is 8.08. The van der Waals surface area contributed by atoms with Crippen molar-refractivity contribution in [3.8, 4) is 5.75 Å². The molecular formula is C14H21NO2. The Kier molecular flexibility index (Phi) is 3.69. The summed E-state index contributed by atoms with van der Waals surface area (Å²) in [4.78, 5) is 0. The Morgan fingerprint density at radius 2 is 2.00 bits per heavy atom. The molecule has 0 saturated carbocycles. The molecule has 3 heteroatoms. The third-order valence-electron chi connectivity index (χ3n) is 3.55. The molecule has 1 fully saturated rings. The maximum Gasteiger partial charge on any atom is 0.115 e. The van der Waals surface area contributed by atoms with Crippen LogP contribution >= 0.6 is 0 Å². The molecule has 3 N–H and O–H groups in total. The fourth-order valence-electron chi connectivity index (χ4n) is 2.52. The molecule has 94 valence electrons. The first-order valence-corrected chi connectivity index (χ1v) is 6.33. The molecule has 17 heavy (non-hydrogen) atoms. The fraction of sp³-hybridized carbons (Fsp3) is 0.571. The van der Waals surface area contributed by atoms with Gasteiger partial charge in [0.05, 0.1) is 5.60 Å². The van der Waals surface area contributed by atoms with Crippen LogP contribution in [0.1, 0.15) is 38.2 Å². The van der Waals surface area contributed by atoms with Crippen LogP contribution in [0.2, 0.25) is 0 Å². The minimum Gasteiger partial charge on any atom is -0.508 e. The van der Waals surface area contributed by atoms with Gasteiger partial charge in [0.15, 0.2) is 0 Å². The summed E-state index contributed by atoms with van der Waals surface area (Å²) in [5.74, 6) is 0.236. The molecule has 0 bridgehead atoms. The minimum absolute atomic E-state index is 0.236. The molecule has 1 aliphatic heterocycles. The van der Waals surface area contributed by atoms with Crippen LogP contribution in [0.4, 0.5) is 0 Å². The maximum atomic E-state index is 10.5. The third kappa shape index (κ3) is 3.20. The van der Waals surface area contributed by atoms with Gasteiger partial charge in [-0.25, -0.2) is 0 Å². The number of piperidine rings is 1. The second kappa shape index (κ2) is 5.07. The molecule has 1 aromatic rings. The summed E-state index contributed by atoms with van der Waals surface area (Å²) in [6.07, 6.45) is 4.33. The second-order valence-electron chi connectivity index (χ2n) is 5.17. The van der Waals surface area contributed by atoms with Crippen molar-refractivity contribution < 1.29 is 10.2 Å². The zero-order valence-corrected chi connectivity index (χ0v) is 10.3. The lowest BCUT2D eigenvalue weighted by atomic mass is 9.86. The van der Waals surface area contributed by atoms with Gasteiger partial charge in [0.1, 0.15) is 5.75 Å². The number of aliphatic hydroxyl groups is 1. The van der Waals surface area contributed by atoms with Crippen LogP contribution < -0.4 is 5.32 Å². The normalized spacial score (nSPS) is 24.2. The largest absolute Gasteiger partial charge is 0.508 e. The highest BCUT2D eigenvalue weighted by Gasteiger charge is 2.28. The Hall–Kier alpha value is -1.06. The topological polar surface area (TPSA) is 52.5 Å². The monoisotopic (exact) mass is 235 g/mol. The second-order valence-corrected chi connectivity index (χ2v) is 5.17. The Bertz CT molecular complexity index is 353. The highest BCUT2D eigenvalue weighted by molar-refractivity contribution is 5.29. The molecule has 0 aromatic heterocycles. The molecule has 0 radical (unpaired) electrons. The van der Waals surface area contributed by atoms with E-state index in [2.05, 4.69) is 5.32 Å². The van der Waals surface area contributed by atoms with Gasteiger partial charge in [-0.3, -0.25) is 0 Å². The highest BCUT2D eigenvalue weighted by atomic mass is 16.3. The number of nitrogens with one attached hydrogen (secondary N) is 1. The van der Waals surface area contributed by atoms with Gasteiger partial charge in [-0.2, -0.15) is 0 Å². The Labute approximate surface area is 102 Å². The fourth-order valence-corrected chi connectivity index (χ4v) is 2.52. The summed E-state index contributed by atoms with van der Waals surface area (Å²) in [5, 5.41) is 23.2. The van der Waals surface area contributed by atoms with Gasteiger partial charge in [-0.1, -0.05) is 18.6 Å². The quantitative estimate of drug-likeness (QED) is 0.752. The lowest BCUT2D eigenvalue weighted by Crippen LogP contribution is -2.39. The zero-order valence-electron chi connectivity index (χ0n) is 10.3. The summed E-state index contributed by atoms with van der Waals surface area (Å²) in [6, 6.07) is 7.22. The molecule has 2 rings (SSSR count). The molecule has 3 nitrogen and oxygen atoms in total. The minimum atomic E-state index is -0.831. The van der Waals surface area contributed by atoms with E-state index in [0.717, 1.165) is 24.9 Å². The van der Waals surface area contributed by atoms with Crippen molar-refractivity contribution in [3.05, 3.63) is 29.8 Å². The molecule has 1 saturated heterocycles. The lowest BCUT2D eigenvalue weighted by molar-refractivity contribution is 0.0332. The summed E-state index contributed by atoms with van der Waals surface area (Å²) in [6.45, 7) is 2.89. The van der Waals surface area contributed by atoms with Crippen molar-refractivity contribution in [2.45, 2.75) is 44.2 Å². The molecule has 0 amide bonds. The molecule has 0 spiro atoms. The molecule has 2 atom stereocenters. The van der Waals surface area contributed by atoms with Crippen LogP contribution in [0.3, 0.4) is 0 Å². The lowest BCUT2D eigenvalue weighted by Gasteiger charge is -2.32. The summed E-state index contributed by atoms with van der Waals surface area (Å²) < 4.78 is 0. The summed E-state index contributed by atoms with van der Waals surface area (Å²) in [7, 11) is 0. The predicted octanol–water partition coefficient (Wildman–Crippen LogP) is 2.13. The van der Waals surface area contributed by atoms with Crippen LogP contribution in [-0.2, 0) is 5.60 Å². The van der Waals surface area contributed by atoms with Crippen LogP contribution in [0.25, 0.3) is 0 Å². The smallest absolute Gasteiger partial charge is 0.115 e. The first-order valence-electron chi connectivity index (χ1n) is 6.33. The van der Waals surface area contributed by atoms with Gasteiger partial charge in [0, 0.05) is 6.04 Å². The van der Waals surface area contributed by atoms with E-state index in [1.807, 2.05) is 6.92 Å². The van der Waals surface area contributed by atoms with Gasteiger partial charge in [0.25, 0.3) is 0 Å². The number of hydrogen-bond acceptors (Lipinski definition) is 3. The maximum absolute atomic E-state index is 10.5. The van der Waals surface area contributed by atoms with E-state index in [-0.39, 0.29) is 5.75 Å². The van der Waals surface area contributed by atoms with E-state index in [0.29, 0.717) is 6.04 Å². The van der Waals surface area contributed by atoms with E-state index in [1.54, 1.807) is 24.3 Å². The van der Waals surface area contributed by atoms with Crippen molar-refractivity contribution in [1.82, 2.24) is 5.32 Å². The van der Waals surface area contributed by atoms with Crippen LogP contribution in [-0.4, -0.2) is 22.8 Å². The highest BCUT2D eigenvalue weighted by Crippen LogP contribution is 2.29. The van der Waals surface area contributed by atoms with Crippen molar-refractivity contribution in [1.29, 1.82) is 0 Å². The van der Waals surface area contributed by atoms with E-state index >= 15 is 0 Å². The Morgan fingerprint density at radius 3 is 2.59 bits per heavy atom. The van der Waals surface area contributed by atoms with E-state index < -0.39 is 5.60 Å². The van der Waals surface area contributed by atoms with E-state index in [1.165, 1.54) is 12.8 Å². The Balaban J connectivity index is 2.04. The van der Waals surface area contributed by atoms with Crippen molar-refractivity contribution in [2.75, 3.05) is 6.54 Å². The molecular weight excluding hydrogens is 214 g/mol. The SMILES string of the molecule is CC(O)(CC1CCCCN1)c1ccc(O)cc1. The summed E-state index contributed by atoms with van der Waals surface area (Å²) >= 11 is 0. The van der Waals surface area contributed by atoms with Gasteiger partial charge < -0.3 is 15.5 Å². The third-order valence-corrected chi connectivity index (χ3v) is 3.55. The molecule has 0 aliphatic carbocycles. The van der Waals surface area contributed by atoms with Crippen molar-refractivity contribution >= 4 is 0 Å². The first kappa shape index (κ1) is 12.4. The number of rotatable bonds is 3. The average Bonchev–Trinajstić information content (AvgIpc) is 2.30. The number of benzene rings is 1. The number of phenols is 1. The van der Waals surface area contributed by atoms with Gasteiger partial charge in [-0.15, -0.1) is 0 Å². The van der Waals surface area contributed by atoms with Crippen LogP contribution in [0.15, 0.2) is 24.3 Å². The van der Waals surface area contributed by atoms with E-state index in [9.17, 15) is 10.2 Å². The number of phenolic OH excluding ortho intramolecular Hbond substituents is 1. The van der Waals surface area contributed by atoms with Gasteiger partial charge in [0.2, 0.25) is 0 Å². The molecule has 1 heterocycles. The van der Waals surface area contributed by atoms with Crippen LogP contribution in [0, 0.1) is 0 Å². The molecule has 1 aromatic carbocycles. The Morgan fingerprint density at radius 1 is 1.29 bits per heavy atom. The standard InChI is InChI=1S/C14H21NO2/c1-14(17,10-12-4-2-3-9-15-12)11-5-7-13(16)8-6-11/h5-8,12,15-17H,2-4,9-10H2,1H3. The predicted molar refractivity (Wildman–Crippen MR) is 67.9 cm³/mol. The van der Waals surface area contributed by atoms with E-state index in [4.69, 9.17) is 0 Å². The van der Waals surface area contributed by atoms with Crippen LogP contribution in [0.5, 0.6) is 5.75 Å². The number of aromatic hydroxyl groups is 1. The average molecular weight is 235 g/mol. The van der Waals surface area contributed by atoms with Crippen molar-refractivity contribution in [3.63, 3.8) is 0 Å². The number of hydrogen-bond donors (Lipinski definition) is 3. The molecule has 2 unspecified atom stereocenters. The molecule has 1 aliphatic rings. The summed E-state index contributed by atoms with van der Waals surface area (Å²) in [5.41, 5.74) is 0.0329. The van der Waals surface area contributed by atoms with Gasteiger partial charge >= 0.3 is 0 Å². The van der Waals surface area contributed by atoms with Crippen molar-refractivity contribution in [2.24, 2.45) is 0 Å². The van der Waals surface area contributed by atoms with Gasteiger partial charge in [-0.05, 0) is 50.4 Å².